The van der Waals surface area contributed by atoms with E-state index >= 15 is 0 Å². The summed E-state index contributed by atoms with van der Waals surface area (Å²) < 4.78 is 5.25. The number of hydrogen-bond acceptors (Lipinski definition) is 2. The number of hydrogen-bond donors (Lipinski definition) is 0. The van der Waals surface area contributed by atoms with Gasteiger partial charge in [0.05, 0.1) is 0 Å². The number of nitrogens with zero attached hydrogens (tertiary/aromatic N) is 1. The van der Waals surface area contributed by atoms with Crippen LogP contribution in [0.2, 0.25) is 0 Å². The van der Waals surface area contributed by atoms with Crippen molar-refractivity contribution in [2.45, 2.75) is 39.7 Å². The lowest BCUT2D eigenvalue weighted by molar-refractivity contribution is 0.0321. The molecule has 0 aromatic carbocycles. The SMILES string of the molecule is CC1C=CN(C(=O)OC(C)(C)C)CC1. The third-order valence-corrected chi connectivity index (χ3v) is 2.05. The lowest BCUT2D eigenvalue weighted by Crippen LogP contribution is -2.35. The minimum atomic E-state index is -0.409. The van der Waals surface area contributed by atoms with Crippen LogP contribution in [0.3, 0.4) is 0 Å². The summed E-state index contributed by atoms with van der Waals surface area (Å²) in [7, 11) is 0. The average molecular weight is 197 g/mol. The molecule has 3 nitrogen and oxygen atoms in total. The molecule has 0 radical (unpaired) electrons. The summed E-state index contributed by atoms with van der Waals surface area (Å²) in [5.41, 5.74) is -0.409. The van der Waals surface area contributed by atoms with Crippen LogP contribution in [-0.4, -0.2) is 23.1 Å². The van der Waals surface area contributed by atoms with Crippen LogP contribution < -0.4 is 0 Å². The van der Waals surface area contributed by atoms with E-state index in [0.29, 0.717) is 5.92 Å². The van der Waals surface area contributed by atoms with Gasteiger partial charge < -0.3 is 4.74 Å². The Labute approximate surface area is 85.7 Å². The summed E-state index contributed by atoms with van der Waals surface area (Å²) in [4.78, 5) is 13.2. The zero-order valence-corrected chi connectivity index (χ0v) is 9.41. The van der Waals surface area contributed by atoms with Crippen LogP contribution in [-0.2, 0) is 4.74 Å². The third kappa shape index (κ3) is 3.40. The first-order valence-corrected chi connectivity index (χ1v) is 5.06. The fourth-order valence-electron chi connectivity index (χ4n) is 1.24. The summed E-state index contributed by atoms with van der Waals surface area (Å²) in [5.74, 6) is 0.564. The molecule has 3 heteroatoms. The van der Waals surface area contributed by atoms with E-state index in [1.165, 1.54) is 0 Å². The molecule has 14 heavy (non-hydrogen) atoms. The van der Waals surface area contributed by atoms with Crippen molar-refractivity contribution in [2.24, 2.45) is 5.92 Å². The van der Waals surface area contributed by atoms with Gasteiger partial charge in [-0.1, -0.05) is 13.0 Å². The average Bonchev–Trinajstić information content (AvgIpc) is 2.02. The molecule has 0 fully saturated rings. The highest BCUT2D eigenvalue weighted by atomic mass is 16.6. The third-order valence-electron chi connectivity index (χ3n) is 2.05. The molecule has 0 saturated carbocycles. The molecule has 80 valence electrons. The van der Waals surface area contributed by atoms with Crippen molar-refractivity contribution in [1.82, 2.24) is 4.90 Å². The first kappa shape index (κ1) is 11.1. The van der Waals surface area contributed by atoms with E-state index in [1.54, 1.807) is 4.90 Å². The fourth-order valence-corrected chi connectivity index (χ4v) is 1.24. The lowest BCUT2D eigenvalue weighted by atomic mass is 10.1. The van der Waals surface area contributed by atoms with Gasteiger partial charge in [-0.2, -0.15) is 0 Å². The van der Waals surface area contributed by atoms with Gasteiger partial charge in [-0.05, 0) is 33.1 Å². The number of carbonyl (C=O) groups excluding carboxylic acids is 1. The highest BCUT2D eigenvalue weighted by molar-refractivity contribution is 5.69. The second-order valence-corrected chi connectivity index (χ2v) is 4.78. The number of allylic oxidation sites excluding steroid dienone is 1. The second-order valence-electron chi connectivity index (χ2n) is 4.78. The Hall–Kier alpha value is -0.990. The molecule has 0 aliphatic carbocycles. The van der Waals surface area contributed by atoms with Crippen molar-refractivity contribution >= 4 is 6.09 Å². The topological polar surface area (TPSA) is 29.5 Å². The van der Waals surface area contributed by atoms with Crippen molar-refractivity contribution < 1.29 is 9.53 Å². The smallest absolute Gasteiger partial charge is 0.414 e. The number of carbonyl (C=O) groups is 1. The Morgan fingerprint density at radius 1 is 1.50 bits per heavy atom. The van der Waals surface area contributed by atoms with Crippen LogP contribution in [0.5, 0.6) is 0 Å². The quantitative estimate of drug-likeness (QED) is 0.597. The summed E-state index contributed by atoms with van der Waals surface area (Å²) >= 11 is 0. The van der Waals surface area contributed by atoms with E-state index in [2.05, 4.69) is 6.92 Å². The van der Waals surface area contributed by atoms with Crippen molar-refractivity contribution in [3.05, 3.63) is 12.3 Å². The monoisotopic (exact) mass is 197 g/mol. The van der Waals surface area contributed by atoms with Gasteiger partial charge in [-0.15, -0.1) is 0 Å². The summed E-state index contributed by atoms with van der Waals surface area (Å²) in [5, 5.41) is 0. The van der Waals surface area contributed by atoms with E-state index in [9.17, 15) is 4.79 Å². The standard InChI is InChI=1S/C11H19NO2/c1-9-5-7-12(8-6-9)10(13)14-11(2,3)4/h5,7,9H,6,8H2,1-4H3. The maximum absolute atomic E-state index is 11.6. The van der Waals surface area contributed by atoms with Crippen molar-refractivity contribution in [3.8, 4) is 0 Å². The van der Waals surface area contributed by atoms with Gasteiger partial charge in [0.25, 0.3) is 0 Å². The molecule has 1 atom stereocenters. The molecule has 1 amide bonds. The molecule has 0 saturated heterocycles. The molecule has 1 aliphatic rings. The first-order chi connectivity index (χ1) is 6.38. The van der Waals surface area contributed by atoms with Crippen molar-refractivity contribution in [1.29, 1.82) is 0 Å². The molecular formula is C11H19NO2. The van der Waals surface area contributed by atoms with E-state index in [-0.39, 0.29) is 6.09 Å². The van der Waals surface area contributed by atoms with Gasteiger partial charge in [0, 0.05) is 12.7 Å². The summed E-state index contributed by atoms with van der Waals surface area (Å²) in [6.45, 7) is 8.53. The zero-order valence-electron chi connectivity index (χ0n) is 9.41. The zero-order chi connectivity index (χ0) is 10.8. The van der Waals surface area contributed by atoms with E-state index in [0.717, 1.165) is 13.0 Å². The molecule has 0 bridgehead atoms. The van der Waals surface area contributed by atoms with Gasteiger partial charge >= 0.3 is 6.09 Å². The largest absolute Gasteiger partial charge is 0.443 e. The minimum Gasteiger partial charge on any atom is -0.443 e. The van der Waals surface area contributed by atoms with E-state index < -0.39 is 5.60 Å². The molecule has 0 aromatic rings. The van der Waals surface area contributed by atoms with Crippen LogP contribution >= 0.6 is 0 Å². The number of amides is 1. The van der Waals surface area contributed by atoms with Gasteiger partial charge in [-0.25, -0.2) is 4.79 Å². The van der Waals surface area contributed by atoms with Crippen LogP contribution in [0.4, 0.5) is 4.79 Å². The first-order valence-electron chi connectivity index (χ1n) is 5.06. The van der Waals surface area contributed by atoms with E-state index in [1.807, 2.05) is 33.0 Å². The molecule has 0 aromatic heterocycles. The number of ether oxygens (including phenoxy) is 1. The van der Waals surface area contributed by atoms with Crippen LogP contribution in [0.15, 0.2) is 12.3 Å². The molecule has 1 aliphatic heterocycles. The Morgan fingerprint density at radius 3 is 2.57 bits per heavy atom. The highest BCUT2D eigenvalue weighted by Gasteiger charge is 2.22. The second kappa shape index (κ2) is 4.03. The molecule has 1 unspecified atom stereocenters. The van der Waals surface area contributed by atoms with Gasteiger partial charge in [0.1, 0.15) is 5.60 Å². The molecule has 1 heterocycles. The molecule has 1 rings (SSSR count). The Bertz CT molecular complexity index is 240. The maximum Gasteiger partial charge on any atom is 0.414 e. The van der Waals surface area contributed by atoms with Gasteiger partial charge in [0.15, 0.2) is 0 Å². The Morgan fingerprint density at radius 2 is 2.14 bits per heavy atom. The molecule has 0 N–H and O–H groups in total. The van der Waals surface area contributed by atoms with Crippen LogP contribution in [0.1, 0.15) is 34.1 Å². The summed E-state index contributed by atoms with van der Waals surface area (Å²) in [6.07, 6.45) is 4.62. The van der Waals surface area contributed by atoms with Gasteiger partial charge in [-0.3, -0.25) is 4.90 Å². The van der Waals surface area contributed by atoms with Crippen molar-refractivity contribution in [2.75, 3.05) is 6.54 Å². The van der Waals surface area contributed by atoms with Crippen LogP contribution in [0.25, 0.3) is 0 Å². The predicted octanol–water partition coefficient (Wildman–Crippen LogP) is 2.78. The van der Waals surface area contributed by atoms with Crippen LogP contribution in [0, 0.1) is 5.92 Å². The summed E-state index contributed by atoms with van der Waals surface area (Å²) in [6, 6.07) is 0. The Kier molecular flexibility index (Phi) is 3.19. The molecule has 0 spiro atoms. The minimum absolute atomic E-state index is 0.249. The predicted molar refractivity (Wildman–Crippen MR) is 55.9 cm³/mol. The van der Waals surface area contributed by atoms with E-state index in [4.69, 9.17) is 4.74 Å². The highest BCUT2D eigenvalue weighted by Crippen LogP contribution is 2.16. The van der Waals surface area contributed by atoms with Gasteiger partial charge in [0.2, 0.25) is 0 Å². The van der Waals surface area contributed by atoms with Crippen molar-refractivity contribution in [3.63, 3.8) is 0 Å². The number of rotatable bonds is 0. The fraction of sp³-hybridized carbons (Fsp3) is 0.727. The lowest BCUT2D eigenvalue weighted by Gasteiger charge is -2.28. The maximum atomic E-state index is 11.6. The molecular weight excluding hydrogens is 178 g/mol. The normalized spacial score (nSPS) is 22.3. The Balaban J connectivity index is 2.50.